The number of rotatable bonds is 15. The van der Waals surface area contributed by atoms with Crippen LogP contribution >= 0.6 is 11.6 Å². The molecule has 0 aliphatic rings. The third-order valence-corrected chi connectivity index (χ3v) is 6.29. The molecule has 0 saturated heterocycles. The molecule has 0 radical (unpaired) electrons. The molecule has 230 valence electrons. The summed E-state index contributed by atoms with van der Waals surface area (Å²) in [5, 5.41) is 49.0. The Morgan fingerprint density at radius 1 is 0.605 bits per heavy atom. The summed E-state index contributed by atoms with van der Waals surface area (Å²) in [5.41, 5.74) is 11.8. The Bertz CT molecular complexity index is 598. The van der Waals surface area contributed by atoms with Crippen LogP contribution in [0.2, 0.25) is 0 Å². The zero-order chi connectivity index (χ0) is 30.8. The highest BCUT2D eigenvalue weighted by Crippen LogP contribution is 2.14. The van der Waals surface area contributed by atoms with Crippen LogP contribution in [0.1, 0.15) is 101 Å². The number of nitrogens with zero attached hydrogens (tertiary/aromatic N) is 3. The first-order valence-corrected chi connectivity index (χ1v) is 13.6. The van der Waals surface area contributed by atoms with Gasteiger partial charge in [-0.2, -0.15) is 0 Å². The molecule has 0 heterocycles. The van der Waals surface area contributed by atoms with Crippen LogP contribution in [0.15, 0.2) is 15.5 Å². The van der Waals surface area contributed by atoms with Crippen molar-refractivity contribution in [1.82, 2.24) is 10.6 Å². The average molecular weight is 570 g/mol. The molecular weight excluding hydrogens is 510 g/mol. The molecule has 0 aromatic heterocycles. The zero-order valence-corrected chi connectivity index (χ0v) is 26.5. The molecule has 0 saturated carbocycles. The molecule has 10 N–H and O–H groups in total. The Morgan fingerprint density at radius 3 is 1.11 bits per heavy atom. The van der Waals surface area contributed by atoms with Crippen molar-refractivity contribution in [3.8, 4) is 0 Å². The van der Waals surface area contributed by atoms with Crippen LogP contribution in [0.4, 0.5) is 0 Å². The predicted molar refractivity (Wildman–Crippen MR) is 163 cm³/mol. The van der Waals surface area contributed by atoms with Crippen LogP contribution in [0, 0.1) is 0 Å². The second-order valence-electron chi connectivity index (χ2n) is 10.3. The molecule has 0 fully saturated rings. The van der Waals surface area contributed by atoms with Gasteiger partial charge in [-0.1, -0.05) is 28.3 Å². The minimum absolute atomic E-state index is 0.274. The second kappa shape index (κ2) is 25.8. The molecule has 12 heteroatoms. The fourth-order valence-electron chi connectivity index (χ4n) is 2.32. The summed E-state index contributed by atoms with van der Waals surface area (Å²) in [6.45, 7) is 20.2. The van der Waals surface area contributed by atoms with Crippen molar-refractivity contribution in [2.45, 2.75) is 117 Å². The van der Waals surface area contributed by atoms with E-state index in [0.29, 0.717) is 17.1 Å². The van der Waals surface area contributed by atoms with Gasteiger partial charge < -0.3 is 42.8 Å². The molecule has 0 rings (SSSR count). The summed E-state index contributed by atoms with van der Waals surface area (Å²) in [6, 6.07) is 0. The van der Waals surface area contributed by atoms with Gasteiger partial charge in [-0.25, -0.2) is 0 Å². The summed E-state index contributed by atoms with van der Waals surface area (Å²) in [6.07, 6.45) is 6.67. The molecule has 0 aromatic rings. The van der Waals surface area contributed by atoms with Crippen LogP contribution in [-0.4, -0.2) is 87.1 Å². The topological polar surface area (TPSA) is 194 Å². The molecular formula is C26H60ClN7O4. The number of nitrogens with one attached hydrogen (secondary N) is 2. The molecule has 0 aliphatic heterocycles. The zero-order valence-electron chi connectivity index (χ0n) is 25.7. The van der Waals surface area contributed by atoms with Crippen LogP contribution in [-0.2, 0) is 0 Å². The van der Waals surface area contributed by atoms with Crippen molar-refractivity contribution in [2.75, 3.05) is 33.3 Å². The summed E-state index contributed by atoms with van der Waals surface area (Å²) < 4.78 is 0. The normalized spacial score (nSPS) is 12.9. The first kappa shape index (κ1) is 43.5. The lowest BCUT2D eigenvalue weighted by Crippen LogP contribution is -2.46. The van der Waals surface area contributed by atoms with Crippen LogP contribution < -0.4 is 22.1 Å². The summed E-state index contributed by atoms with van der Waals surface area (Å²) in [4.78, 5) is -0.519. The Hall–Kier alpha value is -1.50. The fraction of sp³-hybridized carbons (Fsp3) is 0.885. The van der Waals surface area contributed by atoms with Gasteiger partial charge in [0.25, 0.3) is 0 Å². The van der Waals surface area contributed by atoms with Gasteiger partial charge in [0.2, 0.25) is 0 Å². The van der Waals surface area contributed by atoms with Crippen molar-refractivity contribution >= 4 is 28.7 Å². The Morgan fingerprint density at radius 2 is 0.895 bits per heavy atom. The minimum atomic E-state index is -0.519. The van der Waals surface area contributed by atoms with E-state index in [1.807, 2.05) is 41.5 Å². The standard InChI is InChI=1S/C15H32N4O2.C5H10ClNO.C5H14N2.CH4O/c1-12(18-20)14(3,4)16-10-8-7-9-11-17-15(5,6)13(2)19-21;1-4(7-8)5(2,3)6;6-4-2-1-3-5-7;1-2/h16-17,20-21H,7-11H2,1-6H3;8H,1-3H3;1-7H2;2H,1H3/b18-12+,19-13+;7-4+;;. The lowest BCUT2D eigenvalue weighted by atomic mass is 9.99. The van der Waals surface area contributed by atoms with Gasteiger partial charge in [0.15, 0.2) is 0 Å². The van der Waals surface area contributed by atoms with Crippen molar-refractivity contribution in [2.24, 2.45) is 26.9 Å². The van der Waals surface area contributed by atoms with Gasteiger partial charge in [0.1, 0.15) is 0 Å². The molecule has 0 bridgehead atoms. The number of unbranched alkanes of at least 4 members (excludes halogenated alkanes) is 4. The van der Waals surface area contributed by atoms with E-state index in [-0.39, 0.29) is 11.1 Å². The smallest absolute Gasteiger partial charge is 0.0801 e. The highest BCUT2D eigenvalue weighted by atomic mass is 35.5. The summed E-state index contributed by atoms with van der Waals surface area (Å²) in [7, 11) is 1.00. The van der Waals surface area contributed by atoms with E-state index in [4.69, 9.17) is 43.8 Å². The summed E-state index contributed by atoms with van der Waals surface area (Å²) >= 11 is 5.69. The fourth-order valence-corrected chi connectivity index (χ4v) is 2.36. The van der Waals surface area contributed by atoms with E-state index >= 15 is 0 Å². The maximum atomic E-state index is 8.80. The average Bonchev–Trinajstić information content (AvgIpc) is 2.88. The van der Waals surface area contributed by atoms with Crippen LogP contribution in [0.25, 0.3) is 0 Å². The number of aliphatic hydroxyl groups is 1. The van der Waals surface area contributed by atoms with Crippen molar-refractivity contribution in [3.05, 3.63) is 0 Å². The third-order valence-electron chi connectivity index (χ3n) is 6.02. The SMILES string of the molecule is C/C(=N\O)C(C)(C)Cl.C/C(=N\O)C(C)(C)NCCCCCNC(C)(C)/C(C)=N/O.CO.NCCCCCN. The molecule has 0 unspecified atom stereocenters. The van der Waals surface area contributed by atoms with E-state index in [1.54, 1.807) is 20.8 Å². The highest BCUT2D eigenvalue weighted by Gasteiger charge is 2.22. The molecule has 38 heavy (non-hydrogen) atoms. The lowest BCUT2D eigenvalue weighted by molar-refractivity contribution is 0.310. The first-order chi connectivity index (χ1) is 17.6. The number of halogens is 1. The number of alkyl halides is 1. The maximum absolute atomic E-state index is 8.80. The Labute approximate surface area is 237 Å². The number of oxime groups is 3. The van der Waals surface area contributed by atoms with Crippen molar-refractivity contribution in [1.29, 1.82) is 0 Å². The molecule has 0 aromatic carbocycles. The van der Waals surface area contributed by atoms with Gasteiger partial charge >= 0.3 is 0 Å². The number of aliphatic hydroxyl groups excluding tert-OH is 1. The third kappa shape index (κ3) is 26.1. The summed E-state index contributed by atoms with van der Waals surface area (Å²) in [5.74, 6) is 0. The molecule has 0 atom stereocenters. The minimum Gasteiger partial charge on any atom is -0.411 e. The number of nitrogens with two attached hydrogens (primary N) is 2. The first-order valence-electron chi connectivity index (χ1n) is 13.2. The second-order valence-corrected chi connectivity index (χ2v) is 11.3. The Kier molecular flexibility index (Phi) is 29.5. The van der Waals surface area contributed by atoms with Crippen molar-refractivity contribution in [3.63, 3.8) is 0 Å². The van der Waals surface area contributed by atoms with Gasteiger partial charge in [-0.15, -0.1) is 11.6 Å². The van der Waals surface area contributed by atoms with Crippen molar-refractivity contribution < 1.29 is 20.7 Å². The van der Waals surface area contributed by atoms with E-state index in [1.165, 1.54) is 6.42 Å². The van der Waals surface area contributed by atoms with Gasteiger partial charge in [-0.05, 0) is 114 Å². The van der Waals surface area contributed by atoms with E-state index in [0.717, 1.165) is 65.4 Å². The number of hydrogen-bond donors (Lipinski definition) is 8. The monoisotopic (exact) mass is 569 g/mol. The van der Waals surface area contributed by atoms with Gasteiger partial charge in [-0.3, -0.25) is 0 Å². The van der Waals surface area contributed by atoms with Gasteiger partial charge in [0, 0.05) is 7.11 Å². The Balaban J connectivity index is -0.000000277. The highest BCUT2D eigenvalue weighted by molar-refractivity contribution is 6.35. The van der Waals surface area contributed by atoms with E-state index in [9.17, 15) is 0 Å². The number of hydrogen-bond acceptors (Lipinski definition) is 11. The van der Waals surface area contributed by atoms with E-state index < -0.39 is 4.87 Å². The molecule has 0 amide bonds. The molecule has 0 aliphatic carbocycles. The lowest BCUT2D eigenvalue weighted by Gasteiger charge is -2.26. The predicted octanol–water partition coefficient (Wildman–Crippen LogP) is 4.13. The molecule has 11 nitrogen and oxygen atoms in total. The van der Waals surface area contributed by atoms with Crippen LogP contribution in [0.3, 0.4) is 0 Å². The maximum Gasteiger partial charge on any atom is 0.0801 e. The van der Waals surface area contributed by atoms with Gasteiger partial charge in [0.05, 0.1) is 33.1 Å². The largest absolute Gasteiger partial charge is 0.411 e. The molecule has 0 spiro atoms. The van der Waals surface area contributed by atoms with E-state index in [2.05, 4.69) is 26.1 Å². The van der Waals surface area contributed by atoms with Crippen LogP contribution in [0.5, 0.6) is 0 Å². The quantitative estimate of drug-likeness (QED) is 0.0473.